The molecule has 2 nitrogen and oxygen atoms in total. The highest BCUT2D eigenvalue weighted by Gasteiger charge is 2.16. The van der Waals surface area contributed by atoms with E-state index >= 15 is 0 Å². The van der Waals surface area contributed by atoms with E-state index in [0.29, 0.717) is 5.92 Å². The van der Waals surface area contributed by atoms with E-state index in [1.165, 1.54) is 10.9 Å². The standard InChI is InChI=1S/C16H22N2/c1-4-12(5-2)16(17)14-8-9-15-13(10-14)7-6-11(3)18-15/h6-10,12,16H,4-5,17H2,1-3H3. The molecule has 2 N–H and O–H groups in total. The maximum atomic E-state index is 6.36. The molecule has 2 heteroatoms. The lowest BCUT2D eigenvalue weighted by atomic mass is 9.89. The fourth-order valence-electron chi connectivity index (χ4n) is 2.52. The van der Waals surface area contributed by atoms with E-state index in [4.69, 9.17) is 5.73 Å². The van der Waals surface area contributed by atoms with Crippen molar-refractivity contribution < 1.29 is 0 Å². The van der Waals surface area contributed by atoms with Crippen molar-refractivity contribution in [2.45, 2.75) is 39.7 Å². The number of hydrogen-bond acceptors (Lipinski definition) is 2. The first-order valence-electron chi connectivity index (χ1n) is 6.78. The Balaban J connectivity index is 2.37. The van der Waals surface area contributed by atoms with Crippen LogP contribution in [0.4, 0.5) is 0 Å². The van der Waals surface area contributed by atoms with Crippen LogP contribution in [0.1, 0.15) is 44.0 Å². The molecule has 1 unspecified atom stereocenters. The molecule has 0 spiro atoms. The molecule has 0 radical (unpaired) electrons. The van der Waals surface area contributed by atoms with E-state index in [9.17, 15) is 0 Å². The third-order valence-electron chi connectivity index (χ3n) is 3.79. The minimum Gasteiger partial charge on any atom is -0.324 e. The van der Waals surface area contributed by atoms with Crippen LogP contribution in [-0.4, -0.2) is 4.98 Å². The second-order valence-electron chi connectivity index (χ2n) is 5.01. The molecule has 0 bridgehead atoms. The molecule has 0 saturated heterocycles. The monoisotopic (exact) mass is 242 g/mol. The molecule has 2 aromatic rings. The van der Waals surface area contributed by atoms with Gasteiger partial charge in [0.15, 0.2) is 0 Å². The van der Waals surface area contributed by atoms with Crippen molar-refractivity contribution in [3.8, 4) is 0 Å². The fourth-order valence-corrected chi connectivity index (χ4v) is 2.52. The Labute approximate surface area is 109 Å². The van der Waals surface area contributed by atoms with Gasteiger partial charge in [-0.15, -0.1) is 0 Å². The molecule has 96 valence electrons. The largest absolute Gasteiger partial charge is 0.324 e. The summed E-state index contributed by atoms with van der Waals surface area (Å²) >= 11 is 0. The average Bonchev–Trinajstić information content (AvgIpc) is 2.39. The maximum absolute atomic E-state index is 6.36. The van der Waals surface area contributed by atoms with Crippen LogP contribution < -0.4 is 5.73 Å². The molecular formula is C16H22N2. The van der Waals surface area contributed by atoms with Crippen LogP contribution in [0.15, 0.2) is 30.3 Å². The van der Waals surface area contributed by atoms with Gasteiger partial charge in [-0.1, -0.05) is 38.8 Å². The second-order valence-corrected chi connectivity index (χ2v) is 5.01. The van der Waals surface area contributed by atoms with Gasteiger partial charge in [0, 0.05) is 17.1 Å². The summed E-state index contributed by atoms with van der Waals surface area (Å²) in [4.78, 5) is 4.52. The number of aryl methyl sites for hydroxylation is 1. The highest BCUT2D eigenvalue weighted by molar-refractivity contribution is 5.79. The summed E-state index contributed by atoms with van der Waals surface area (Å²) in [7, 11) is 0. The first-order valence-corrected chi connectivity index (χ1v) is 6.78. The van der Waals surface area contributed by atoms with Crippen molar-refractivity contribution in [1.82, 2.24) is 4.98 Å². The van der Waals surface area contributed by atoms with Gasteiger partial charge in [-0.05, 0) is 36.6 Å². The average molecular weight is 242 g/mol. The normalized spacial score (nSPS) is 13.2. The predicted octanol–water partition coefficient (Wildman–Crippen LogP) is 3.98. The van der Waals surface area contributed by atoms with Gasteiger partial charge in [-0.25, -0.2) is 0 Å². The molecular weight excluding hydrogens is 220 g/mol. The third kappa shape index (κ3) is 2.54. The number of aromatic nitrogens is 1. The van der Waals surface area contributed by atoms with Crippen LogP contribution in [0.3, 0.4) is 0 Å². The van der Waals surface area contributed by atoms with Crippen molar-refractivity contribution in [2.24, 2.45) is 11.7 Å². The van der Waals surface area contributed by atoms with E-state index in [0.717, 1.165) is 24.1 Å². The maximum Gasteiger partial charge on any atom is 0.0705 e. The van der Waals surface area contributed by atoms with E-state index in [1.807, 2.05) is 6.92 Å². The lowest BCUT2D eigenvalue weighted by molar-refractivity contribution is 0.405. The van der Waals surface area contributed by atoms with Crippen LogP contribution in [0.2, 0.25) is 0 Å². The van der Waals surface area contributed by atoms with Crippen molar-refractivity contribution in [1.29, 1.82) is 0 Å². The van der Waals surface area contributed by atoms with E-state index in [2.05, 4.69) is 49.2 Å². The molecule has 18 heavy (non-hydrogen) atoms. The lowest BCUT2D eigenvalue weighted by Crippen LogP contribution is -2.20. The summed E-state index contributed by atoms with van der Waals surface area (Å²) in [5.41, 5.74) is 9.69. The van der Waals surface area contributed by atoms with Gasteiger partial charge >= 0.3 is 0 Å². The Hall–Kier alpha value is -1.41. The summed E-state index contributed by atoms with van der Waals surface area (Å²) in [5, 5.41) is 1.18. The zero-order chi connectivity index (χ0) is 13.1. The highest BCUT2D eigenvalue weighted by atomic mass is 14.7. The van der Waals surface area contributed by atoms with Crippen molar-refractivity contribution >= 4 is 10.9 Å². The first-order chi connectivity index (χ1) is 8.65. The van der Waals surface area contributed by atoms with Crippen LogP contribution >= 0.6 is 0 Å². The molecule has 0 saturated carbocycles. The van der Waals surface area contributed by atoms with Crippen LogP contribution in [0.5, 0.6) is 0 Å². The van der Waals surface area contributed by atoms with Gasteiger partial charge < -0.3 is 5.73 Å². The number of pyridine rings is 1. The van der Waals surface area contributed by atoms with Crippen LogP contribution in [0, 0.1) is 12.8 Å². The van der Waals surface area contributed by atoms with Gasteiger partial charge in [0.1, 0.15) is 0 Å². The van der Waals surface area contributed by atoms with Gasteiger partial charge in [-0.2, -0.15) is 0 Å². The van der Waals surface area contributed by atoms with Crippen molar-refractivity contribution in [3.05, 3.63) is 41.6 Å². The quantitative estimate of drug-likeness (QED) is 0.880. The molecule has 1 aromatic heterocycles. The number of hydrogen-bond donors (Lipinski definition) is 1. The van der Waals surface area contributed by atoms with Gasteiger partial charge in [0.25, 0.3) is 0 Å². The third-order valence-corrected chi connectivity index (χ3v) is 3.79. The summed E-state index contributed by atoms with van der Waals surface area (Å²) in [6.07, 6.45) is 2.25. The predicted molar refractivity (Wildman–Crippen MR) is 77.5 cm³/mol. The zero-order valence-electron chi connectivity index (χ0n) is 11.5. The van der Waals surface area contributed by atoms with E-state index < -0.39 is 0 Å². The molecule has 2 rings (SSSR count). The summed E-state index contributed by atoms with van der Waals surface area (Å²) in [5.74, 6) is 0.556. The second kappa shape index (κ2) is 5.49. The van der Waals surface area contributed by atoms with Gasteiger partial charge in [0.05, 0.1) is 5.52 Å². The van der Waals surface area contributed by atoms with Gasteiger partial charge in [-0.3, -0.25) is 4.98 Å². The van der Waals surface area contributed by atoms with Crippen molar-refractivity contribution in [2.75, 3.05) is 0 Å². The number of fused-ring (bicyclic) bond motifs is 1. The Bertz CT molecular complexity index is 530. The highest BCUT2D eigenvalue weighted by Crippen LogP contribution is 2.27. The molecule has 0 aliphatic carbocycles. The summed E-state index contributed by atoms with van der Waals surface area (Å²) < 4.78 is 0. The summed E-state index contributed by atoms with van der Waals surface area (Å²) in [6.45, 7) is 6.43. The Morgan fingerprint density at radius 2 is 1.83 bits per heavy atom. The zero-order valence-corrected chi connectivity index (χ0v) is 11.5. The van der Waals surface area contributed by atoms with Crippen molar-refractivity contribution in [3.63, 3.8) is 0 Å². The van der Waals surface area contributed by atoms with Crippen LogP contribution in [-0.2, 0) is 0 Å². The molecule has 1 aromatic carbocycles. The molecule has 0 aliphatic heterocycles. The van der Waals surface area contributed by atoms with Crippen LogP contribution in [0.25, 0.3) is 10.9 Å². The smallest absolute Gasteiger partial charge is 0.0705 e. The van der Waals surface area contributed by atoms with E-state index in [1.54, 1.807) is 0 Å². The fraction of sp³-hybridized carbons (Fsp3) is 0.438. The van der Waals surface area contributed by atoms with Gasteiger partial charge in [0.2, 0.25) is 0 Å². The topological polar surface area (TPSA) is 38.9 Å². The minimum atomic E-state index is 0.130. The number of nitrogens with two attached hydrogens (primary N) is 1. The first kappa shape index (κ1) is 13.0. The Morgan fingerprint density at radius 3 is 2.50 bits per heavy atom. The molecule has 1 atom stereocenters. The Kier molecular flexibility index (Phi) is 3.97. The number of nitrogens with zero attached hydrogens (tertiary/aromatic N) is 1. The molecule has 0 fully saturated rings. The minimum absolute atomic E-state index is 0.130. The number of benzene rings is 1. The van der Waals surface area contributed by atoms with E-state index in [-0.39, 0.29) is 6.04 Å². The molecule has 0 aliphatic rings. The number of rotatable bonds is 4. The SMILES string of the molecule is CCC(CC)C(N)c1ccc2nc(C)ccc2c1. The lowest BCUT2D eigenvalue weighted by Gasteiger charge is -2.21. The molecule has 0 amide bonds. The summed E-state index contributed by atoms with van der Waals surface area (Å²) in [6, 6.07) is 10.7. The molecule has 1 heterocycles. The Morgan fingerprint density at radius 1 is 1.11 bits per heavy atom.